The molecule has 2 aromatic rings. The van der Waals surface area contributed by atoms with Crippen LogP contribution in [0.3, 0.4) is 0 Å². The molecular formula is C15H14N2O3. The molecule has 0 radical (unpaired) electrons. The zero-order valence-corrected chi connectivity index (χ0v) is 10.8. The molecule has 2 amide bonds. The highest BCUT2D eigenvalue weighted by atomic mass is 16.3. The molecule has 1 aliphatic heterocycles. The molecule has 1 aromatic carbocycles. The molecule has 1 aromatic heterocycles. The highest BCUT2D eigenvalue weighted by Crippen LogP contribution is 2.25. The van der Waals surface area contributed by atoms with Crippen LogP contribution < -0.4 is 10.6 Å². The van der Waals surface area contributed by atoms with Crippen LogP contribution in [-0.2, 0) is 11.2 Å². The topological polar surface area (TPSA) is 71.3 Å². The number of amides is 2. The van der Waals surface area contributed by atoms with Gasteiger partial charge in [-0.25, -0.2) is 0 Å². The summed E-state index contributed by atoms with van der Waals surface area (Å²) in [5, 5.41) is 5.64. The molecular weight excluding hydrogens is 256 g/mol. The van der Waals surface area contributed by atoms with E-state index in [1.165, 1.54) is 6.26 Å². The second kappa shape index (κ2) is 5.21. The summed E-state index contributed by atoms with van der Waals surface area (Å²) in [4.78, 5) is 23.4. The van der Waals surface area contributed by atoms with Crippen LogP contribution in [0, 0.1) is 0 Å². The maximum Gasteiger partial charge on any atom is 0.291 e. The zero-order valence-electron chi connectivity index (χ0n) is 10.8. The summed E-state index contributed by atoms with van der Waals surface area (Å²) in [7, 11) is 0. The Hall–Kier alpha value is -2.56. The van der Waals surface area contributed by atoms with E-state index in [0.29, 0.717) is 12.1 Å². The fraction of sp³-hybridized carbons (Fsp3) is 0.200. The van der Waals surface area contributed by atoms with Crippen LogP contribution in [0.2, 0.25) is 0 Å². The number of fused-ring (bicyclic) bond motifs is 1. The van der Waals surface area contributed by atoms with Gasteiger partial charge in [0, 0.05) is 17.8 Å². The number of anilines is 2. The maximum absolute atomic E-state index is 11.9. The standard InChI is InChI=1S/C15H14N2O3/c18-14-5-1-3-10-9-11(6-7-12(10)17-14)16-15(19)13-4-2-8-20-13/h2,4,6-9H,1,3,5H2,(H,16,19)(H,17,18). The Morgan fingerprint density at radius 3 is 2.95 bits per heavy atom. The summed E-state index contributed by atoms with van der Waals surface area (Å²) in [6.07, 6.45) is 3.62. The van der Waals surface area contributed by atoms with Gasteiger partial charge in [-0.3, -0.25) is 9.59 Å². The van der Waals surface area contributed by atoms with Crippen molar-refractivity contribution in [2.24, 2.45) is 0 Å². The molecule has 0 fully saturated rings. The van der Waals surface area contributed by atoms with Crippen molar-refractivity contribution in [3.05, 3.63) is 47.9 Å². The maximum atomic E-state index is 11.9. The second-order valence-electron chi connectivity index (χ2n) is 4.71. The van der Waals surface area contributed by atoms with Gasteiger partial charge in [0.2, 0.25) is 5.91 Å². The van der Waals surface area contributed by atoms with Crippen molar-refractivity contribution in [2.75, 3.05) is 10.6 Å². The van der Waals surface area contributed by atoms with E-state index in [1.807, 2.05) is 12.1 Å². The van der Waals surface area contributed by atoms with E-state index < -0.39 is 0 Å². The largest absolute Gasteiger partial charge is 0.459 e. The van der Waals surface area contributed by atoms with E-state index in [0.717, 1.165) is 24.1 Å². The van der Waals surface area contributed by atoms with Gasteiger partial charge in [0.25, 0.3) is 5.91 Å². The number of benzene rings is 1. The van der Waals surface area contributed by atoms with Gasteiger partial charge in [-0.05, 0) is 48.7 Å². The quantitative estimate of drug-likeness (QED) is 0.881. The lowest BCUT2D eigenvalue weighted by Crippen LogP contribution is -2.12. The number of furan rings is 1. The summed E-state index contributed by atoms with van der Waals surface area (Å²) >= 11 is 0. The van der Waals surface area contributed by atoms with E-state index in [2.05, 4.69) is 10.6 Å². The van der Waals surface area contributed by atoms with E-state index in [-0.39, 0.29) is 17.6 Å². The fourth-order valence-corrected chi connectivity index (χ4v) is 2.25. The normalized spacial score (nSPS) is 14.1. The number of carbonyl (C=O) groups excluding carboxylic acids is 2. The van der Waals surface area contributed by atoms with Gasteiger partial charge in [-0.1, -0.05) is 0 Å². The number of hydrogen-bond donors (Lipinski definition) is 2. The van der Waals surface area contributed by atoms with Crippen molar-refractivity contribution in [1.29, 1.82) is 0 Å². The lowest BCUT2D eigenvalue weighted by atomic mass is 10.1. The van der Waals surface area contributed by atoms with E-state index in [4.69, 9.17) is 4.42 Å². The van der Waals surface area contributed by atoms with Gasteiger partial charge in [0.05, 0.1) is 6.26 Å². The Balaban J connectivity index is 1.80. The van der Waals surface area contributed by atoms with Crippen LogP contribution in [0.1, 0.15) is 29.0 Å². The Kier molecular flexibility index (Phi) is 3.25. The van der Waals surface area contributed by atoms with Crippen LogP contribution in [-0.4, -0.2) is 11.8 Å². The van der Waals surface area contributed by atoms with Crippen molar-refractivity contribution in [1.82, 2.24) is 0 Å². The van der Waals surface area contributed by atoms with Crippen LogP contribution in [0.4, 0.5) is 11.4 Å². The fourth-order valence-electron chi connectivity index (χ4n) is 2.25. The van der Waals surface area contributed by atoms with E-state index >= 15 is 0 Å². The highest BCUT2D eigenvalue weighted by Gasteiger charge is 2.14. The van der Waals surface area contributed by atoms with Crippen LogP contribution >= 0.6 is 0 Å². The number of hydrogen-bond acceptors (Lipinski definition) is 3. The van der Waals surface area contributed by atoms with Crippen molar-refractivity contribution in [3.63, 3.8) is 0 Å². The predicted molar refractivity (Wildman–Crippen MR) is 74.7 cm³/mol. The molecule has 0 unspecified atom stereocenters. The molecule has 0 saturated carbocycles. The molecule has 0 bridgehead atoms. The van der Waals surface area contributed by atoms with Crippen LogP contribution in [0.25, 0.3) is 0 Å². The lowest BCUT2D eigenvalue weighted by Gasteiger charge is -2.09. The van der Waals surface area contributed by atoms with Crippen molar-refractivity contribution >= 4 is 23.2 Å². The zero-order chi connectivity index (χ0) is 13.9. The van der Waals surface area contributed by atoms with Gasteiger partial charge < -0.3 is 15.1 Å². The lowest BCUT2D eigenvalue weighted by molar-refractivity contribution is -0.116. The van der Waals surface area contributed by atoms with Gasteiger partial charge in [-0.15, -0.1) is 0 Å². The number of aryl methyl sites for hydroxylation is 1. The average Bonchev–Trinajstić information content (AvgIpc) is 2.89. The van der Waals surface area contributed by atoms with Crippen LogP contribution in [0.5, 0.6) is 0 Å². The molecule has 0 atom stereocenters. The Morgan fingerprint density at radius 1 is 1.25 bits per heavy atom. The molecule has 2 N–H and O–H groups in total. The van der Waals surface area contributed by atoms with Crippen LogP contribution in [0.15, 0.2) is 41.0 Å². The molecule has 2 heterocycles. The average molecular weight is 270 g/mol. The first-order valence-electron chi connectivity index (χ1n) is 6.50. The van der Waals surface area contributed by atoms with Gasteiger partial charge in [0.15, 0.2) is 5.76 Å². The summed E-state index contributed by atoms with van der Waals surface area (Å²) in [6.45, 7) is 0. The first-order chi connectivity index (χ1) is 9.72. The third kappa shape index (κ3) is 2.56. The smallest absolute Gasteiger partial charge is 0.291 e. The third-order valence-electron chi connectivity index (χ3n) is 3.23. The number of carbonyl (C=O) groups is 2. The minimum atomic E-state index is -0.285. The number of nitrogens with one attached hydrogen (secondary N) is 2. The summed E-state index contributed by atoms with van der Waals surface area (Å²) < 4.78 is 5.05. The van der Waals surface area contributed by atoms with Gasteiger partial charge in [-0.2, -0.15) is 0 Å². The van der Waals surface area contributed by atoms with Crippen molar-refractivity contribution in [3.8, 4) is 0 Å². The molecule has 102 valence electrons. The molecule has 0 saturated heterocycles. The minimum absolute atomic E-state index is 0.0381. The minimum Gasteiger partial charge on any atom is -0.459 e. The van der Waals surface area contributed by atoms with Crippen molar-refractivity contribution < 1.29 is 14.0 Å². The predicted octanol–water partition coefficient (Wildman–Crippen LogP) is 2.81. The van der Waals surface area contributed by atoms with E-state index in [1.54, 1.807) is 18.2 Å². The van der Waals surface area contributed by atoms with Crippen molar-refractivity contribution in [2.45, 2.75) is 19.3 Å². The Bertz CT molecular complexity index is 647. The number of rotatable bonds is 2. The molecule has 0 aliphatic carbocycles. The first kappa shape index (κ1) is 12.5. The SMILES string of the molecule is O=C1CCCc2cc(NC(=O)c3ccco3)ccc2N1. The molecule has 20 heavy (non-hydrogen) atoms. The molecule has 5 nitrogen and oxygen atoms in total. The second-order valence-corrected chi connectivity index (χ2v) is 4.71. The molecule has 5 heteroatoms. The summed E-state index contributed by atoms with van der Waals surface area (Å²) in [5.74, 6) is 0.0250. The molecule has 3 rings (SSSR count). The highest BCUT2D eigenvalue weighted by molar-refractivity contribution is 6.02. The Morgan fingerprint density at radius 2 is 2.15 bits per heavy atom. The summed E-state index contributed by atoms with van der Waals surface area (Å²) in [5.41, 5.74) is 2.55. The third-order valence-corrected chi connectivity index (χ3v) is 3.23. The molecule has 0 spiro atoms. The summed E-state index contributed by atoms with van der Waals surface area (Å²) in [6, 6.07) is 8.75. The monoisotopic (exact) mass is 270 g/mol. The Labute approximate surface area is 116 Å². The van der Waals surface area contributed by atoms with Gasteiger partial charge >= 0.3 is 0 Å². The van der Waals surface area contributed by atoms with Gasteiger partial charge in [0.1, 0.15) is 0 Å². The van der Waals surface area contributed by atoms with E-state index in [9.17, 15) is 9.59 Å². The first-order valence-corrected chi connectivity index (χ1v) is 6.50. The molecule has 1 aliphatic rings.